The minimum Gasteiger partial charge on any atom is -0.314 e. The third kappa shape index (κ3) is 6.69. The molecule has 0 spiro atoms. The molecule has 0 saturated heterocycles. The van der Waals surface area contributed by atoms with Crippen LogP contribution in [0.1, 0.15) is 78.1 Å². The zero-order valence-corrected chi connectivity index (χ0v) is 12.7. The average Bonchev–Trinajstić information content (AvgIpc) is 2.37. The Hall–Kier alpha value is -0.180. The highest BCUT2D eigenvalue weighted by Gasteiger charge is 2.37. The van der Waals surface area contributed by atoms with E-state index < -0.39 is 5.92 Å². The lowest BCUT2D eigenvalue weighted by molar-refractivity contribution is -0.0498. The summed E-state index contributed by atoms with van der Waals surface area (Å²) >= 11 is 0. The van der Waals surface area contributed by atoms with Gasteiger partial charge in [0.1, 0.15) is 0 Å². The van der Waals surface area contributed by atoms with Gasteiger partial charge in [0.25, 0.3) is 0 Å². The van der Waals surface area contributed by atoms with Gasteiger partial charge in [-0.25, -0.2) is 8.78 Å². The third-order valence-corrected chi connectivity index (χ3v) is 4.42. The van der Waals surface area contributed by atoms with Gasteiger partial charge in [0, 0.05) is 18.9 Å². The molecule has 0 heterocycles. The van der Waals surface area contributed by atoms with Gasteiger partial charge >= 0.3 is 0 Å². The van der Waals surface area contributed by atoms with E-state index in [1.807, 2.05) is 0 Å². The molecule has 0 bridgehead atoms. The molecule has 3 heteroatoms. The summed E-state index contributed by atoms with van der Waals surface area (Å²) in [5.74, 6) is -1.93. The fourth-order valence-electron chi connectivity index (χ4n) is 3.20. The summed E-state index contributed by atoms with van der Waals surface area (Å²) < 4.78 is 26.4. The number of unbranched alkanes of at least 4 members (excludes halogenated alkanes) is 4. The van der Waals surface area contributed by atoms with Crippen LogP contribution in [0.3, 0.4) is 0 Å². The molecule has 0 aromatic heterocycles. The van der Waals surface area contributed by atoms with Crippen molar-refractivity contribution in [3.05, 3.63) is 0 Å². The lowest BCUT2D eigenvalue weighted by atomic mass is 9.80. The fourth-order valence-corrected chi connectivity index (χ4v) is 3.20. The Morgan fingerprint density at radius 2 is 1.68 bits per heavy atom. The van der Waals surface area contributed by atoms with E-state index in [2.05, 4.69) is 19.2 Å². The Labute approximate surface area is 117 Å². The quantitative estimate of drug-likeness (QED) is 0.574. The van der Waals surface area contributed by atoms with E-state index in [1.165, 1.54) is 32.1 Å². The number of hydrogen-bond donors (Lipinski definition) is 1. The topological polar surface area (TPSA) is 12.0 Å². The lowest BCUT2D eigenvalue weighted by Crippen LogP contribution is -2.39. The van der Waals surface area contributed by atoms with Crippen LogP contribution in [0.15, 0.2) is 0 Å². The summed E-state index contributed by atoms with van der Waals surface area (Å²) in [6, 6.07) is 0.461. The molecule has 1 nitrogen and oxygen atoms in total. The fraction of sp³-hybridized carbons (Fsp3) is 1.00. The smallest absolute Gasteiger partial charge is 0.248 e. The van der Waals surface area contributed by atoms with E-state index in [1.54, 1.807) is 0 Å². The van der Waals surface area contributed by atoms with Crippen molar-refractivity contribution < 1.29 is 8.78 Å². The van der Waals surface area contributed by atoms with Gasteiger partial charge in [-0.15, -0.1) is 0 Å². The van der Waals surface area contributed by atoms with Gasteiger partial charge in [-0.3, -0.25) is 0 Å². The molecule has 0 radical (unpaired) electrons. The van der Waals surface area contributed by atoms with Crippen molar-refractivity contribution in [3.8, 4) is 0 Å². The molecular weight excluding hydrogens is 244 g/mol. The highest BCUT2D eigenvalue weighted by molar-refractivity contribution is 4.84. The highest BCUT2D eigenvalue weighted by atomic mass is 19.3. The molecule has 0 aromatic carbocycles. The van der Waals surface area contributed by atoms with Gasteiger partial charge in [-0.2, -0.15) is 0 Å². The molecule has 1 unspecified atom stereocenters. The first-order chi connectivity index (χ1) is 9.09. The predicted molar refractivity (Wildman–Crippen MR) is 77.7 cm³/mol. The number of halogens is 2. The van der Waals surface area contributed by atoms with Crippen LogP contribution in [-0.4, -0.2) is 18.5 Å². The largest absolute Gasteiger partial charge is 0.314 e. The number of rotatable bonds is 9. The predicted octanol–water partition coefficient (Wildman–Crippen LogP) is 5.15. The summed E-state index contributed by atoms with van der Waals surface area (Å²) in [7, 11) is 0. The Kier molecular flexibility index (Phi) is 7.89. The van der Waals surface area contributed by atoms with E-state index in [4.69, 9.17) is 0 Å². The van der Waals surface area contributed by atoms with Crippen LogP contribution < -0.4 is 5.32 Å². The second kappa shape index (κ2) is 8.89. The Balaban J connectivity index is 2.27. The van der Waals surface area contributed by atoms with Crippen LogP contribution in [0, 0.1) is 5.92 Å². The molecule has 1 N–H and O–H groups in total. The molecular formula is C16H31F2N. The standard InChI is InChI=1S/C16H31F2N/c1-3-5-6-7-8-9-15(19-4-2)14-10-12-16(17,18)13-11-14/h14-15,19H,3-13H2,1-2H3. The van der Waals surface area contributed by atoms with Gasteiger partial charge in [-0.05, 0) is 31.7 Å². The van der Waals surface area contributed by atoms with Gasteiger partial charge in [0.05, 0.1) is 0 Å². The van der Waals surface area contributed by atoms with Gasteiger partial charge < -0.3 is 5.32 Å². The molecule has 1 aliphatic carbocycles. The minimum absolute atomic E-state index is 0.0927. The van der Waals surface area contributed by atoms with Crippen LogP contribution in [0.4, 0.5) is 8.78 Å². The summed E-state index contributed by atoms with van der Waals surface area (Å²) in [6.45, 7) is 5.29. The molecule has 0 aromatic rings. The SMILES string of the molecule is CCCCCCCC(NCC)C1CCC(F)(F)CC1. The van der Waals surface area contributed by atoms with Crippen molar-refractivity contribution in [2.75, 3.05) is 6.54 Å². The minimum atomic E-state index is -2.39. The molecule has 19 heavy (non-hydrogen) atoms. The zero-order chi connectivity index (χ0) is 14.1. The maximum Gasteiger partial charge on any atom is 0.248 e. The normalized spacial score (nSPS) is 21.5. The van der Waals surface area contributed by atoms with Crippen LogP contribution in [0.2, 0.25) is 0 Å². The first-order valence-electron chi connectivity index (χ1n) is 8.20. The molecule has 1 rings (SSSR count). The van der Waals surface area contributed by atoms with Crippen molar-refractivity contribution >= 4 is 0 Å². The van der Waals surface area contributed by atoms with E-state index in [-0.39, 0.29) is 12.8 Å². The van der Waals surface area contributed by atoms with Crippen LogP contribution in [0.25, 0.3) is 0 Å². The van der Waals surface area contributed by atoms with Crippen molar-refractivity contribution in [1.29, 1.82) is 0 Å². The van der Waals surface area contributed by atoms with Crippen molar-refractivity contribution in [3.63, 3.8) is 0 Å². The van der Waals surface area contributed by atoms with Crippen molar-refractivity contribution in [2.45, 2.75) is 90.0 Å². The summed E-state index contributed by atoms with van der Waals surface area (Å²) in [6.07, 6.45) is 9.18. The molecule has 1 saturated carbocycles. The van der Waals surface area contributed by atoms with Crippen LogP contribution in [0.5, 0.6) is 0 Å². The van der Waals surface area contributed by atoms with Crippen LogP contribution in [-0.2, 0) is 0 Å². The highest BCUT2D eigenvalue weighted by Crippen LogP contribution is 2.38. The molecule has 1 aliphatic rings. The van der Waals surface area contributed by atoms with Crippen LogP contribution >= 0.6 is 0 Å². The van der Waals surface area contributed by atoms with E-state index in [0.717, 1.165) is 13.0 Å². The number of nitrogens with one attached hydrogen (secondary N) is 1. The second-order valence-corrected chi connectivity index (χ2v) is 6.06. The lowest BCUT2D eigenvalue weighted by Gasteiger charge is -2.34. The monoisotopic (exact) mass is 275 g/mol. The first-order valence-corrected chi connectivity index (χ1v) is 8.20. The molecule has 0 amide bonds. The number of hydrogen-bond acceptors (Lipinski definition) is 1. The van der Waals surface area contributed by atoms with Gasteiger partial charge in [0.2, 0.25) is 5.92 Å². The van der Waals surface area contributed by atoms with Crippen molar-refractivity contribution in [2.24, 2.45) is 5.92 Å². The third-order valence-electron chi connectivity index (χ3n) is 4.42. The van der Waals surface area contributed by atoms with E-state index in [9.17, 15) is 8.78 Å². The summed E-state index contributed by atoms with van der Waals surface area (Å²) in [5.41, 5.74) is 0. The molecule has 0 aliphatic heterocycles. The van der Waals surface area contributed by atoms with Gasteiger partial charge in [-0.1, -0.05) is 46.0 Å². The van der Waals surface area contributed by atoms with E-state index >= 15 is 0 Å². The molecule has 1 fully saturated rings. The Morgan fingerprint density at radius 3 is 2.26 bits per heavy atom. The average molecular weight is 275 g/mol. The Morgan fingerprint density at radius 1 is 1.05 bits per heavy atom. The zero-order valence-electron chi connectivity index (χ0n) is 12.7. The maximum atomic E-state index is 13.2. The molecule has 114 valence electrons. The summed E-state index contributed by atoms with van der Waals surface area (Å²) in [5, 5.41) is 3.53. The van der Waals surface area contributed by atoms with Crippen molar-refractivity contribution in [1.82, 2.24) is 5.32 Å². The van der Waals surface area contributed by atoms with Gasteiger partial charge in [0.15, 0.2) is 0 Å². The second-order valence-electron chi connectivity index (χ2n) is 6.06. The Bertz CT molecular complexity index is 221. The molecule has 1 atom stereocenters. The number of alkyl halides is 2. The van der Waals surface area contributed by atoms with E-state index in [0.29, 0.717) is 24.8 Å². The first kappa shape index (κ1) is 16.9. The summed E-state index contributed by atoms with van der Waals surface area (Å²) in [4.78, 5) is 0. The maximum absolute atomic E-state index is 13.2.